The third-order valence-electron chi connectivity index (χ3n) is 6.89. The summed E-state index contributed by atoms with van der Waals surface area (Å²) in [6.45, 7) is 5.88. The fourth-order valence-electron chi connectivity index (χ4n) is 5.02. The van der Waals surface area contributed by atoms with Crippen LogP contribution in [-0.2, 0) is 11.3 Å². The van der Waals surface area contributed by atoms with Gasteiger partial charge in [-0.2, -0.15) is 8.78 Å². The SMILES string of the molecule is C=CC1CCC(CC(F)(F)OCc2ccc(C3CCC(C=CC)CC3)cc2)CC1. The van der Waals surface area contributed by atoms with Crippen LogP contribution in [0.3, 0.4) is 0 Å². The van der Waals surface area contributed by atoms with E-state index >= 15 is 0 Å². The van der Waals surface area contributed by atoms with Gasteiger partial charge in [0.15, 0.2) is 0 Å². The number of allylic oxidation sites excluding steroid dienone is 3. The fraction of sp³-hybridized carbons (Fsp3) is 0.615. The Balaban J connectivity index is 1.44. The van der Waals surface area contributed by atoms with Crippen LogP contribution in [0, 0.1) is 17.8 Å². The van der Waals surface area contributed by atoms with Gasteiger partial charge in [-0.1, -0.05) is 42.5 Å². The highest BCUT2D eigenvalue weighted by Gasteiger charge is 2.35. The molecule has 0 N–H and O–H groups in total. The molecule has 160 valence electrons. The van der Waals surface area contributed by atoms with Crippen molar-refractivity contribution in [2.45, 2.75) is 83.3 Å². The summed E-state index contributed by atoms with van der Waals surface area (Å²) in [5, 5.41) is 0. The van der Waals surface area contributed by atoms with Crippen molar-refractivity contribution in [3.8, 4) is 0 Å². The van der Waals surface area contributed by atoms with Gasteiger partial charge in [-0.3, -0.25) is 0 Å². The molecule has 2 saturated carbocycles. The van der Waals surface area contributed by atoms with E-state index in [0.29, 0.717) is 11.8 Å². The maximum Gasteiger partial charge on any atom is 0.356 e. The van der Waals surface area contributed by atoms with Crippen LogP contribution < -0.4 is 0 Å². The normalized spacial score (nSPS) is 28.5. The second-order valence-corrected chi connectivity index (χ2v) is 9.03. The Morgan fingerprint density at radius 1 is 0.966 bits per heavy atom. The van der Waals surface area contributed by atoms with E-state index in [2.05, 4.69) is 37.8 Å². The average molecular weight is 403 g/mol. The van der Waals surface area contributed by atoms with Gasteiger partial charge in [0.25, 0.3) is 0 Å². The molecule has 0 heterocycles. The van der Waals surface area contributed by atoms with Gasteiger partial charge >= 0.3 is 6.11 Å². The molecule has 0 saturated heterocycles. The van der Waals surface area contributed by atoms with Crippen LogP contribution in [0.1, 0.15) is 81.8 Å². The highest BCUT2D eigenvalue weighted by Crippen LogP contribution is 2.38. The lowest BCUT2D eigenvalue weighted by molar-refractivity contribution is -0.256. The summed E-state index contributed by atoms with van der Waals surface area (Å²) in [4.78, 5) is 0. The van der Waals surface area contributed by atoms with Gasteiger partial charge in [-0.05, 0) is 93.1 Å². The largest absolute Gasteiger partial charge is 0.356 e. The Morgan fingerprint density at radius 3 is 2.17 bits per heavy atom. The number of ether oxygens (including phenoxy) is 1. The molecule has 3 rings (SSSR count). The van der Waals surface area contributed by atoms with E-state index in [9.17, 15) is 8.78 Å². The van der Waals surface area contributed by atoms with Crippen LogP contribution in [-0.4, -0.2) is 6.11 Å². The standard InChI is InChI=1S/C26H36F2O/c1-3-5-21-10-14-24(15-11-21)25-16-12-23(13-17-25)19-29-26(27,28)18-22-8-6-20(4-2)7-9-22/h3-5,12-13,16-17,20-22,24H,2,6-11,14-15,18-19H2,1H3. The third kappa shape index (κ3) is 6.77. The van der Waals surface area contributed by atoms with Crippen LogP contribution >= 0.6 is 0 Å². The van der Waals surface area contributed by atoms with Gasteiger partial charge < -0.3 is 4.74 Å². The van der Waals surface area contributed by atoms with E-state index in [1.807, 2.05) is 18.2 Å². The van der Waals surface area contributed by atoms with Crippen molar-refractivity contribution in [1.29, 1.82) is 0 Å². The van der Waals surface area contributed by atoms with Crippen molar-refractivity contribution in [3.05, 3.63) is 60.2 Å². The first-order valence-electron chi connectivity index (χ1n) is 11.3. The summed E-state index contributed by atoms with van der Waals surface area (Å²) >= 11 is 0. The molecule has 1 aromatic rings. The highest BCUT2D eigenvalue weighted by molar-refractivity contribution is 5.25. The van der Waals surface area contributed by atoms with Gasteiger partial charge in [0.1, 0.15) is 0 Å². The van der Waals surface area contributed by atoms with Gasteiger partial charge in [0.05, 0.1) is 6.61 Å². The second kappa shape index (κ2) is 10.5. The quantitative estimate of drug-likeness (QED) is 0.400. The molecule has 0 atom stereocenters. The Bertz CT molecular complexity index is 648. The maximum absolute atomic E-state index is 14.3. The first kappa shape index (κ1) is 22.2. The molecule has 2 aliphatic carbocycles. The Morgan fingerprint density at radius 2 is 1.59 bits per heavy atom. The molecular formula is C26H36F2O. The number of benzene rings is 1. The number of alkyl halides is 2. The molecule has 29 heavy (non-hydrogen) atoms. The van der Waals surface area contributed by atoms with Gasteiger partial charge in [0.2, 0.25) is 0 Å². The van der Waals surface area contributed by atoms with E-state index in [-0.39, 0.29) is 18.9 Å². The lowest BCUT2D eigenvalue weighted by Crippen LogP contribution is -2.26. The lowest BCUT2D eigenvalue weighted by atomic mass is 9.78. The number of halogens is 2. The zero-order valence-corrected chi connectivity index (χ0v) is 17.8. The second-order valence-electron chi connectivity index (χ2n) is 9.03. The first-order chi connectivity index (χ1) is 14.0. The summed E-state index contributed by atoms with van der Waals surface area (Å²) in [6, 6.07) is 8.12. The van der Waals surface area contributed by atoms with Gasteiger partial charge in [-0.15, -0.1) is 6.58 Å². The first-order valence-corrected chi connectivity index (χ1v) is 11.3. The smallest absolute Gasteiger partial charge is 0.316 e. The zero-order valence-electron chi connectivity index (χ0n) is 17.8. The lowest BCUT2D eigenvalue weighted by Gasteiger charge is -2.29. The highest BCUT2D eigenvalue weighted by atomic mass is 19.3. The van der Waals surface area contributed by atoms with E-state index in [0.717, 1.165) is 37.2 Å². The molecule has 0 aliphatic heterocycles. The van der Waals surface area contributed by atoms with Crippen LogP contribution in [0.15, 0.2) is 49.1 Å². The number of rotatable bonds is 8. The number of hydrogen-bond acceptors (Lipinski definition) is 1. The molecule has 0 amide bonds. The predicted octanol–water partition coefficient (Wildman–Crippen LogP) is 8.03. The van der Waals surface area contributed by atoms with Crippen molar-refractivity contribution >= 4 is 0 Å². The molecule has 0 radical (unpaired) electrons. The van der Waals surface area contributed by atoms with E-state index < -0.39 is 6.11 Å². The topological polar surface area (TPSA) is 9.23 Å². The molecular weight excluding hydrogens is 366 g/mol. The molecule has 0 bridgehead atoms. The van der Waals surface area contributed by atoms with Crippen molar-refractivity contribution in [3.63, 3.8) is 0 Å². The predicted molar refractivity (Wildman–Crippen MR) is 116 cm³/mol. The Kier molecular flexibility index (Phi) is 8.06. The van der Waals surface area contributed by atoms with Crippen LogP contribution in [0.5, 0.6) is 0 Å². The van der Waals surface area contributed by atoms with Crippen LogP contribution in [0.4, 0.5) is 8.78 Å². The number of hydrogen-bond donors (Lipinski definition) is 0. The molecule has 2 fully saturated rings. The Labute approximate surface area is 175 Å². The third-order valence-corrected chi connectivity index (χ3v) is 6.89. The van der Waals surface area contributed by atoms with E-state index in [4.69, 9.17) is 4.74 Å². The van der Waals surface area contributed by atoms with Crippen molar-refractivity contribution < 1.29 is 13.5 Å². The fourth-order valence-corrected chi connectivity index (χ4v) is 5.02. The molecule has 2 aliphatic rings. The zero-order chi connectivity index (χ0) is 20.7. The van der Waals surface area contributed by atoms with Crippen LogP contribution in [0.2, 0.25) is 0 Å². The van der Waals surface area contributed by atoms with Gasteiger partial charge in [0, 0.05) is 6.42 Å². The molecule has 1 nitrogen and oxygen atoms in total. The molecule has 1 aromatic carbocycles. The van der Waals surface area contributed by atoms with E-state index in [1.165, 1.54) is 31.2 Å². The van der Waals surface area contributed by atoms with Crippen LogP contribution in [0.25, 0.3) is 0 Å². The average Bonchev–Trinajstić information content (AvgIpc) is 2.74. The summed E-state index contributed by atoms with van der Waals surface area (Å²) in [5.74, 6) is 1.87. The maximum atomic E-state index is 14.3. The summed E-state index contributed by atoms with van der Waals surface area (Å²) in [6.07, 6.45) is 11.8. The van der Waals surface area contributed by atoms with E-state index in [1.54, 1.807) is 0 Å². The summed E-state index contributed by atoms with van der Waals surface area (Å²) in [5.41, 5.74) is 2.16. The minimum absolute atomic E-state index is 0.0245. The van der Waals surface area contributed by atoms with Gasteiger partial charge in [-0.25, -0.2) is 0 Å². The molecule has 3 heteroatoms. The summed E-state index contributed by atoms with van der Waals surface area (Å²) in [7, 11) is 0. The minimum Gasteiger partial charge on any atom is -0.316 e. The molecule has 0 aromatic heterocycles. The minimum atomic E-state index is -3.05. The van der Waals surface area contributed by atoms with Crippen molar-refractivity contribution in [2.24, 2.45) is 17.8 Å². The molecule has 0 spiro atoms. The molecule has 0 unspecified atom stereocenters. The van der Waals surface area contributed by atoms with Crippen molar-refractivity contribution in [2.75, 3.05) is 0 Å². The monoisotopic (exact) mass is 402 g/mol. The summed E-state index contributed by atoms with van der Waals surface area (Å²) < 4.78 is 33.6. The van der Waals surface area contributed by atoms with Crippen molar-refractivity contribution in [1.82, 2.24) is 0 Å². The Hall–Kier alpha value is -1.48.